The van der Waals surface area contributed by atoms with E-state index in [0.717, 1.165) is 16.9 Å². The maximum atomic E-state index is 8.81. The van der Waals surface area contributed by atoms with Gasteiger partial charge in [0.25, 0.3) is 0 Å². The van der Waals surface area contributed by atoms with Crippen molar-refractivity contribution in [1.82, 2.24) is 0 Å². The van der Waals surface area contributed by atoms with Crippen molar-refractivity contribution in [2.45, 2.75) is 0 Å². The maximum absolute atomic E-state index is 8.81. The predicted molar refractivity (Wildman–Crippen MR) is 68.8 cm³/mol. The Bertz CT molecular complexity index is 560. The SMILES string of the molecule is C#Cc1cccc(Nc2cccc(C#N)c2)c1. The fourth-order valence-electron chi connectivity index (χ4n) is 1.52. The second-order valence-electron chi connectivity index (χ2n) is 3.54. The third-order valence-corrected chi connectivity index (χ3v) is 2.31. The van der Waals surface area contributed by atoms with E-state index in [4.69, 9.17) is 11.7 Å². The highest BCUT2D eigenvalue weighted by Gasteiger charge is 1.97. The van der Waals surface area contributed by atoms with Gasteiger partial charge >= 0.3 is 0 Å². The number of rotatable bonds is 2. The number of nitrogens with zero attached hydrogens (tertiary/aromatic N) is 1. The van der Waals surface area contributed by atoms with Crippen molar-refractivity contribution in [3.05, 3.63) is 59.7 Å². The van der Waals surface area contributed by atoms with Crippen LogP contribution >= 0.6 is 0 Å². The lowest BCUT2D eigenvalue weighted by Crippen LogP contribution is -1.91. The van der Waals surface area contributed by atoms with Crippen molar-refractivity contribution in [3.8, 4) is 18.4 Å². The van der Waals surface area contributed by atoms with E-state index in [1.54, 1.807) is 12.1 Å². The molecule has 0 heterocycles. The molecule has 0 saturated heterocycles. The zero-order valence-electron chi connectivity index (χ0n) is 9.14. The van der Waals surface area contributed by atoms with E-state index < -0.39 is 0 Å². The van der Waals surface area contributed by atoms with Gasteiger partial charge in [0.15, 0.2) is 0 Å². The van der Waals surface area contributed by atoms with Gasteiger partial charge in [-0.1, -0.05) is 18.1 Å². The molecule has 0 spiro atoms. The first kappa shape index (κ1) is 10.8. The van der Waals surface area contributed by atoms with Crippen LogP contribution in [0.5, 0.6) is 0 Å². The van der Waals surface area contributed by atoms with Crippen LogP contribution in [0.2, 0.25) is 0 Å². The quantitative estimate of drug-likeness (QED) is 0.785. The van der Waals surface area contributed by atoms with E-state index in [1.807, 2.05) is 36.4 Å². The first-order valence-corrected chi connectivity index (χ1v) is 5.16. The number of hydrogen-bond acceptors (Lipinski definition) is 2. The van der Waals surface area contributed by atoms with Gasteiger partial charge in [0.05, 0.1) is 11.6 Å². The Morgan fingerprint density at radius 2 is 1.53 bits per heavy atom. The summed E-state index contributed by atoms with van der Waals surface area (Å²) in [6.07, 6.45) is 5.34. The van der Waals surface area contributed by atoms with Gasteiger partial charge in [-0.05, 0) is 36.4 Å². The maximum Gasteiger partial charge on any atom is 0.0992 e. The first-order chi connectivity index (χ1) is 8.31. The van der Waals surface area contributed by atoms with Crippen LogP contribution in [0.15, 0.2) is 48.5 Å². The molecule has 0 saturated carbocycles. The van der Waals surface area contributed by atoms with E-state index in [1.165, 1.54) is 0 Å². The standard InChI is InChI=1S/C15H10N2/c1-2-12-5-3-7-14(9-12)17-15-8-4-6-13(10-15)11-16/h1,3-10,17H. The van der Waals surface area contributed by atoms with Crippen molar-refractivity contribution >= 4 is 11.4 Å². The summed E-state index contributed by atoms with van der Waals surface area (Å²) in [5, 5.41) is 12.0. The van der Waals surface area contributed by atoms with Crippen LogP contribution in [0.25, 0.3) is 0 Å². The number of terminal acetylenes is 1. The highest BCUT2D eigenvalue weighted by Crippen LogP contribution is 2.18. The molecule has 1 N–H and O–H groups in total. The number of hydrogen-bond donors (Lipinski definition) is 1. The first-order valence-electron chi connectivity index (χ1n) is 5.16. The molecule has 2 aromatic carbocycles. The summed E-state index contributed by atoms with van der Waals surface area (Å²) in [5.41, 5.74) is 3.24. The molecule has 0 bridgehead atoms. The van der Waals surface area contributed by atoms with Crippen LogP contribution in [0.3, 0.4) is 0 Å². The molecule has 0 aliphatic rings. The molecule has 0 radical (unpaired) electrons. The van der Waals surface area contributed by atoms with Crippen LogP contribution < -0.4 is 5.32 Å². The van der Waals surface area contributed by atoms with Crippen LogP contribution in [0.1, 0.15) is 11.1 Å². The third kappa shape index (κ3) is 2.65. The summed E-state index contributed by atoms with van der Waals surface area (Å²) in [6.45, 7) is 0. The fourth-order valence-corrected chi connectivity index (χ4v) is 1.52. The second kappa shape index (κ2) is 4.88. The minimum absolute atomic E-state index is 0.628. The zero-order valence-corrected chi connectivity index (χ0v) is 9.14. The van der Waals surface area contributed by atoms with Crippen molar-refractivity contribution in [1.29, 1.82) is 5.26 Å². The van der Waals surface area contributed by atoms with Gasteiger partial charge < -0.3 is 5.32 Å². The molecule has 0 fully saturated rings. The largest absolute Gasteiger partial charge is 0.355 e. The van der Waals surface area contributed by atoms with Gasteiger partial charge in [-0.3, -0.25) is 0 Å². The molecule has 2 heteroatoms. The lowest BCUT2D eigenvalue weighted by atomic mass is 10.2. The molecule has 17 heavy (non-hydrogen) atoms. The highest BCUT2D eigenvalue weighted by atomic mass is 14.9. The molecule has 2 nitrogen and oxygen atoms in total. The van der Waals surface area contributed by atoms with E-state index in [2.05, 4.69) is 17.3 Å². The molecule has 2 rings (SSSR count). The Hall–Kier alpha value is -2.71. The van der Waals surface area contributed by atoms with E-state index in [9.17, 15) is 0 Å². The summed E-state index contributed by atoms with van der Waals surface area (Å²) in [7, 11) is 0. The molecule has 0 amide bonds. The van der Waals surface area contributed by atoms with E-state index >= 15 is 0 Å². The van der Waals surface area contributed by atoms with Gasteiger partial charge in [0.2, 0.25) is 0 Å². The Morgan fingerprint density at radius 1 is 0.941 bits per heavy atom. The lowest BCUT2D eigenvalue weighted by Gasteiger charge is -2.06. The molecule has 0 aliphatic heterocycles. The average molecular weight is 218 g/mol. The summed E-state index contributed by atoms with van der Waals surface area (Å²) >= 11 is 0. The van der Waals surface area contributed by atoms with Gasteiger partial charge in [-0.15, -0.1) is 6.42 Å². The smallest absolute Gasteiger partial charge is 0.0992 e. The van der Waals surface area contributed by atoms with Gasteiger partial charge in [-0.25, -0.2) is 0 Å². The predicted octanol–water partition coefficient (Wildman–Crippen LogP) is 3.28. The highest BCUT2D eigenvalue weighted by molar-refractivity contribution is 5.62. The van der Waals surface area contributed by atoms with Crippen molar-refractivity contribution in [2.24, 2.45) is 0 Å². The van der Waals surface area contributed by atoms with Gasteiger partial charge in [0.1, 0.15) is 0 Å². The number of nitrogens with one attached hydrogen (secondary N) is 1. The number of anilines is 2. The Labute approximate surface area is 101 Å². The van der Waals surface area contributed by atoms with Crippen LogP contribution in [0, 0.1) is 23.7 Å². The molecule has 80 valence electrons. The summed E-state index contributed by atoms with van der Waals surface area (Å²) in [5.74, 6) is 2.58. The Morgan fingerprint density at radius 3 is 2.12 bits per heavy atom. The second-order valence-corrected chi connectivity index (χ2v) is 3.54. The van der Waals surface area contributed by atoms with Crippen molar-refractivity contribution in [2.75, 3.05) is 5.32 Å². The molecule has 0 atom stereocenters. The average Bonchev–Trinajstić information content (AvgIpc) is 2.39. The van der Waals surface area contributed by atoms with Crippen molar-refractivity contribution < 1.29 is 0 Å². The fraction of sp³-hybridized carbons (Fsp3) is 0. The Balaban J connectivity index is 2.26. The summed E-state index contributed by atoms with van der Waals surface area (Å²) in [4.78, 5) is 0. The van der Waals surface area contributed by atoms with Crippen LogP contribution in [-0.4, -0.2) is 0 Å². The monoisotopic (exact) mass is 218 g/mol. The lowest BCUT2D eigenvalue weighted by molar-refractivity contribution is 1.47. The number of benzene rings is 2. The van der Waals surface area contributed by atoms with Crippen LogP contribution in [-0.2, 0) is 0 Å². The summed E-state index contributed by atoms with van der Waals surface area (Å²) in [6, 6.07) is 17.0. The molecular formula is C15H10N2. The zero-order chi connectivity index (χ0) is 12.1. The third-order valence-electron chi connectivity index (χ3n) is 2.31. The Kier molecular flexibility index (Phi) is 3.10. The van der Waals surface area contributed by atoms with E-state index in [-0.39, 0.29) is 0 Å². The molecule has 0 aromatic heterocycles. The number of nitriles is 1. The molecule has 2 aromatic rings. The molecular weight excluding hydrogens is 208 g/mol. The van der Waals surface area contributed by atoms with E-state index in [0.29, 0.717) is 5.56 Å². The van der Waals surface area contributed by atoms with Crippen LogP contribution in [0.4, 0.5) is 11.4 Å². The molecule has 0 aliphatic carbocycles. The van der Waals surface area contributed by atoms with Crippen molar-refractivity contribution in [3.63, 3.8) is 0 Å². The molecule has 0 unspecified atom stereocenters. The summed E-state index contributed by atoms with van der Waals surface area (Å²) < 4.78 is 0. The minimum atomic E-state index is 0.628. The van der Waals surface area contributed by atoms with Gasteiger partial charge in [-0.2, -0.15) is 5.26 Å². The topological polar surface area (TPSA) is 35.8 Å². The normalized spacial score (nSPS) is 9.06. The minimum Gasteiger partial charge on any atom is -0.355 e. The van der Waals surface area contributed by atoms with Gasteiger partial charge in [0, 0.05) is 16.9 Å².